The van der Waals surface area contributed by atoms with Gasteiger partial charge in [0.05, 0.1) is 13.2 Å². The first-order chi connectivity index (χ1) is 9.75. The van der Waals surface area contributed by atoms with Gasteiger partial charge < -0.3 is 14.6 Å². The number of pyridine rings is 1. The maximum Gasteiger partial charge on any atom is 0.250 e. The lowest BCUT2D eigenvalue weighted by Gasteiger charge is -2.26. The number of rotatable bonds is 6. The van der Waals surface area contributed by atoms with Gasteiger partial charge in [0.2, 0.25) is 5.91 Å². The smallest absolute Gasteiger partial charge is 0.250 e. The molecule has 0 atom stereocenters. The van der Waals surface area contributed by atoms with Crippen molar-refractivity contribution in [1.29, 1.82) is 0 Å². The molecule has 1 amide bonds. The third-order valence-corrected chi connectivity index (χ3v) is 3.29. The number of nitrogens with one attached hydrogen (secondary N) is 1. The predicted octanol–water partition coefficient (Wildman–Crippen LogP) is -0.313. The van der Waals surface area contributed by atoms with Gasteiger partial charge in [-0.2, -0.15) is 0 Å². The van der Waals surface area contributed by atoms with Crippen molar-refractivity contribution < 1.29 is 9.53 Å². The van der Waals surface area contributed by atoms with Crippen LogP contribution in [-0.2, 0) is 16.1 Å². The monoisotopic (exact) mass is 279 g/mol. The van der Waals surface area contributed by atoms with E-state index in [-0.39, 0.29) is 18.0 Å². The SMILES string of the molecule is O=C(Cn1ccccc1=O)NCCCN1CCOCC1. The molecule has 0 aromatic carbocycles. The molecule has 6 heteroatoms. The van der Waals surface area contributed by atoms with E-state index in [0.717, 1.165) is 39.3 Å². The van der Waals surface area contributed by atoms with Gasteiger partial charge in [-0.3, -0.25) is 14.5 Å². The van der Waals surface area contributed by atoms with E-state index in [1.165, 1.54) is 10.6 Å². The lowest BCUT2D eigenvalue weighted by molar-refractivity contribution is -0.121. The summed E-state index contributed by atoms with van der Waals surface area (Å²) in [5.41, 5.74) is -0.157. The summed E-state index contributed by atoms with van der Waals surface area (Å²) < 4.78 is 6.68. The highest BCUT2D eigenvalue weighted by Gasteiger charge is 2.09. The van der Waals surface area contributed by atoms with E-state index in [9.17, 15) is 9.59 Å². The number of carbonyl (C=O) groups is 1. The van der Waals surface area contributed by atoms with Crippen LogP contribution in [0.2, 0.25) is 0 Å². The minimum Gasteiger partial charge on any atom is -0.379 e. The maximum atomic E-state index is 11.7. The molecule has 1 saturated heterocycles. The summed E-state index contributed by atoms with van der Waals surface area (Å²) in [4.78, 5) is 25.5. The van der Waals surface area contributed by atoms with Crippen molar-refractivity contribution in [3.05, 3.63) is 34.7 Å². The van der Waals surface area contributed by atoms with Gasteiger partial charge in [-0.05, 0) is 19.0 Å². The Morgan fingerprint density at radius 2 is 2.10 bits per heavy atom. The van der Waals surface area contributed by atoms with E-state index in [2.05, 4.69) is 10.2 Å². The number of carbonyl (C=O) groups excluding carboxylic acids is 1. The summed E-state index contributed by atoms with van der Waals surface area (Å²) in [6.45, 7) is 5.21. The summed E-state index contributed by atoms with van der Waals surface area (Å²) in [5.74, 6) is -0.125. The molecule has 0 aliphatic carbocycles. The van der Waals surface area contributed by atoms with Crippen molar-refractivity contribution in [2.75, 3.05) is 39.4 Å². The Hall–Kier alpha value is -1.66. The van der Waals surface area contributed by atoms with Gasteiger partial charge in [-0.15, -0.1) is 0 Å². The maximum absolute atomic E-state index is 11.7. The Bertz CT molecular complexity index is 481. The first-order valence-corrected chi connectivity index (χ1v) is 6.98. The summed E-state index contributed by atoms with van der Waals surface area (Å²) in [7, 11) is 0. The van der Waals surface area contributed by atoms with Crippen LogP contribution in [0, 0.1) is 0 Å². The van der Waals surface area contributed by atoms with Crippen molar-refractivity contribution in [3.8, 4) is 0 Å². The van der Waals surface area contributed by atoms with Crippen LogP contribution in [0.25, 0.3) is 0 Å². The molecule has 0 radical (unpaired) electrons. The molecule has 1 aliphatic heterocycles. The minimum atomic E-state index is -0.157. The van der Waals surface area contributed by atoms with Crippen molar-refractivity contribution in [2.24, 2.45) is 0 Å². The Balaban J connectivity index is 1.63. The first kappa shape index (κ1) is 14.7. The van der Waals surface area contributed by atoms with E-state index in [1.807, 2.05) is 0 Å². The molecule has 1 aliphatic rings. The topological polar surface area (TPSA) is 63.6 Å². The molecule has 2 rings (SSSR count). The van der Waals surface area contributed by atoms with Crippen LogP contribution in [-0.4, -0.2) is 54.8 Å². The molecule has 6 nitrogen and oxygen atoms in total. The van der Waals surface area contributed by atoms with Gasteiger partial charge in [0.25, 0.3) is 5.56 Å². The molecule has 20 heavy (non-hydrogen) atoms. The van der Waals surface area contributed by atoms with Crippen LogP contribution in [0.4, 0.5) is 0 Å². The Labute approximate surface area is 118 Å². The Kier molecular flexibility index (Phi) is 5.76. The van der Waals surface area contributed by atoms with E-state index < -0.39 is 0 Å². The lowest BCUT2D eigenvalue weighted by atomic mass is 10.3. The minimum absolute atomic E-state index is 0.0806. The predicted molar refractivity (Wildman–Crippen MR) is 75.6 cm³/mol. The van der Waals surface area contributed by atoms with Gasteiger partial charge in [-0.25, -0.2) is 0 Å². The van der Waals surface area contributed by atoms with Gasteiger partial charge in [0.1, 0.15) is 6.54 Å². The fraction of sp³-hybridized carbons (Fsp3) is 0.571. The summed E-state index contributed by atoms with van der Waals surface area (Å²) in [6, 6.07) is 4.86. The molecule has 2 heterocycles. The average molecular weight is 279 g/mol. The van der Waals surface area contributed by atoms with Crippen LogP contribution in [0.1, 0.15) is 6.42 Å². The number of hydrogen-bond acceptors (Lipinski definition) is 4. The van der Waals surface area contributed by atoms with E-state index in [1.54, 1.807) is 18.3 Å². The number of amides is 1. The number of ether oxygens (including phenoxy) is 1. The number of morpholine rings is 1. The number of hydrogen-bond donors (Lipinski definition) is 1. The van der Waals surface area contributed by atoms with E-state index >= 15 is 0 Å². The molecule has 1 aromatic heterocycles. The van der Waals surface area contributed by atoms with Gasteiger partial charge >= 0.3 is 0 Å². The third-order valence-electron chi connectivity index (χ3n) is 3.29. The highest BCUT2D eigenvalue weighted by molar-refractivity contribution is 5.75. The second-order valence-corrected chi connectivity index (χ2v) is 4.82. The second-order valence-electron chi connectivity index (χ2n) is 4.82. The number of nitrogens with zero attached hydrogens (tertiary/aromatic N) is 2. The largest absolute Gasteiger partial charge is 0.379 e. The van der Waals surface area contributed by atoms with Crippen LogP contribution >= 0.6 is 0 Å². The number of aromatic nitrogens is 1. The fourth-order valence-electron chi connectivity index (χ4n) is 2.16. The molecule has 0 spiro atoms. The van der Waals surface area contributed by atoms with Crippen LogP contribution in [0.5, 0.6) is 0 Å². The van der Waals surface area contributed by atoms with Gasteiger partial charge in [-0.1, -0.05) is 6.07 Å². The molecule has 110 valence electrons. The van der Waals surface area contributed by atoms with Gasteiger partial charge in [0.15, 0.2) is 0 Å². The molecular formula is C14H21N3O3. The summed E-state index contributed by atoms with van der Waals surface area (Å²) in [5, 5.41) is 2.84. The van der Waals surface area contributed by atoms with Gasteiger partial charge in [0, 0.05) is 31.9 Å². The van der Waals surface area contributed by atoms with Crippen molar-refractivity contribution in [1.82, 2.24) is 14.8 Å². The zero-order valence-corrected chi connectivity index (χ0v) is 11.6. The van der Waals surface area contributed by atoms with E-state index in [4.69, 9.17) is 4.74 Å². The highest BCUT2D eigenvalue weighted by Crippen LogP contribution is 1.97. The van der Waals surface area contributed by atoms with Crippen molar-refractivity contribution in [3.63, 3.8) is 0 Å². The Morgan fingerprint density at radius 3 is 2.85 bits per heavy atom. The van der Waals surface area contributed by atoms with Crippen molar-refractivity contribution >= 4 is 5.91 Å². The molecule has 1 aromatic rings. The van der Waals surface area contributed by atoms with Crippen LogP contribution in [0.3, 0.4) is 0 Å². The van der Waals surface area contributed by atoms with Crippen molar-refractivity contribution in [2.45, 2.75) is 13.0 Å². The second kappa shape index (κ2) is 7.81. The van der Waals surface area contributed by atoms with Crippen LogP contribution in [0.15, 0.2) is 29.2 Å². The lowest BCUT2D eigenvalue weighted by Crippen LogP contribution is -2.38. The van der Waals surface area contributed by atoms with E-state index in [0.29, 0.717) is 6.54 Å². The fourth-order valence-corrected chi connectivity index (χ4v) is 2.16. The average Bonchev–Trinajstić information content (AvgIpc) is 2.47. The summed E-state index contributed by atoms with van der Waals surface area (Å²) >= 11 is 0. The zero-order chi connectivity index (χ0) is 14.2. The Morgan fingerprint density at radius 1 is 1.30 bits per heavy atom. The molecule has 0 bridgehead atoms. The third kappa shape index (κ3) is 4.79. The normalized spacial score (nSPS) is 16.0. The molecule has 0 saturated carbocycles. The van der Waals surface area contributed by atoms with Crippen LogP contribution < -0.4 is 10.9 Å². The first-order valence-electron chi connectivity index (χ1n) is 6.98. The molecule has 1 fully saturated rings. The highest BCUT2D eigenvalue weighted by atomic mass is 16.5. The molecule has 0 unspecified atom stereocenters. The summed E-state index contributed by atoms with van der Waals surface area (Å²) in [6.07, 6.45) is 2.53. The quantitative estimate of drug-likeness (QED) is 0.725. The molecular weight excluding hydrogens is 258 g/mol. The standard InChI is InChI=1S/C14H21N3O3/c18-13(12-17-7-2-1-4-14(17)19)15-5-3-6-16-8-10-20-11-9-16/h1-2,4,7H,3,5-6,8-12H2,(H,15,18). The zero-order valence-electron chi connectivity index (χ0n) is 11.6. The molecule has 1 N–H and O–H groups in total.